The second kappa shape index (κ2) is 6.35. The second-order valence-electron chi connectivity index (χ2n) is 8.12. The molecule has 6 rings (SSSR count). The predicted molar refractivity (Wildman–Crippen MR) is 111 cm³/mol. The third-order valence-electron chi connectivity index (χ3n) is 6.39. The summed E-state index contributed by atoms with van der Waals surface area (Å²) >= 11 is 0. The van der Waals surface area contributed by atoms with Crippen molar-refractivity contribution in [1.82, 2.24) is 10.3 Å². The van der Waals surface area contributed by atoms with Gasteiger partial charge in [0, 0.05) is 30.5 Å². The van der Waals surface area contributed by atoms with Gasteiger partial charge in [-0.1, -0.05) is 18.2 Å². The maximum Gasteiger partial charge on any atom is 0.151 e. The molecule has 1 N–H and O–H groups in total. The molecule has 2 saturated heterocycles. The largest absolute Gasteiger partial charge is 0.453 e. The lowest BCUT2D eigenvalue weighted by molar-refractivity contribution is 0.353. The van der Waals surface area contributed by atoms with E-state index in [2.05, 4.69) is 57.7 Å². The Morgan fingerprint density at radius 1 is 0.821 bits per heavy atom. The number of hydrogen-bond donors (Lipinski definition) is 1. The summed E-state index contributed by atoms with van der Waals surface area (Å²) in [5.74, 6) is 1.90. The summed E-state index contributed by atoms with van der Waals surface area (Å²) in [5, 5.41) is 3.77. The number of benzene rings is 2. The summed E-state index contributed by atoms with van der Waals surface area (Å²) in [6.07, 6.45) is 8.67. The molecular weight excluding hydrogens is 346 g/mol. The molecule has 0 spiro atoms. The number of nitrogens with zero attached hydrogens (tertiary/aromatic N) is 2. The van der Waals surface area contributed by atoms with E-state index in [4.69, 9.17) is 4.74 Å². The molecule has 3 aliphatic rings. The molecule has 1 aromatic heterocycles. The third-order valence-corrected chi connectivity index (χ3v) is 6.39. The molecule has 0 radical (unpaired) electrons. The highest BCUT2D eigenvalue weighted by atomic mass is 16.5. The van der Waals surface area contributed by atoms with Crippen LogP contribution in [0.1, 0.15) is 25.7 Å². The van der Waals surface area contributed by atoms with E-state index in [1.54, 1.807) is 0 Å². The monoisotopic (exact) mass is 369 g/mol. The molecule has 0 aliphatic carbocycles. The first kappa shape index (κ1) is 16.1. The molecule has 3 aromatic rings. The normalized spacial score (nSPS) is 25.0. The van der Waals surface area contributed by atoms with Crippen molar-refractivity contribution in [3.8, 4) is 22.6 Å². The highest BCUT2D eigenvalue weighted by Crippen LogP contribution is 2.50. The first-order chi connectivity index (χ1) is 13.8. The lowest BCUT2D eigenvalue weighted by Crippen LogP contribution is -2.47. The number of hydrogen-bond acceptors (Lipinski definition) is 4. The van der Waals surface area contributed by atoms with E-state index in [9.17, 15) is 0 Å². The van der Waals surface area contributed by atoms with Gasteiger partial charge in [-0.15, -0.1) is 0 Å². The SMILES string of the molecule is c1ccc2c(c1)Oc1cc(-c3ccncc3)ccc1N2[C@@H]1C[C@H]2CC[C@@H](C1)N2. The molecule has 3 atom stereocenters. The molecule has 28 heavy (non-hydrogen) atoms. The molecule has 4 heteroatoms. The summed E-state index contributed by atoms with van der Waals surface area (Å²) in [5.41, 5.74) is 4.69. The van der Waals surface area contributed by atoms with Crippen LogP contribution in [0.2, 0.25) is 0 Å². The van der Waals surface area contributed by atoms with Gasteiger partial charge in [0.25, 0.3) is 0 Å². The van der Waals surface area contributed by atoms with Crippen LogP contribution in [0.4, 0.5) is 11.4 Å². The average Bonchev–Trinajstić information content (AvgIpc) is 3.09. The fraction of sp³-hybridized carbons (Fsp3) is 0.292. The van der Waals surface area contributed by atoms with Gasteiger partial charge in [0.15, 0.2) is 11.5 Å². The fourth-order valence-corrected chi connectivity index (χ4v) is 5.14. The number of aromatic nitrogens is 1. The minimum atomic E-state index is 0.509. The number of piperidine rings is 1. The Bertz CT molecular complexity index is 1010. The van der Waals surface area contributed by atoms with Gasteiger partial charge < -0.3 is 15.0 Å². The van der Waals surface area contributed by atoms with Crippen LogP contribution in [0.15, 0.2) is 67.0 Å². The van der Waals surface area contributed by atoms with E-state index in [-0.39, 0.29) is 0 Å². The van der Waals surface area contributed by atoms with Crippen molar-refractivity contribution >= 4 is 11.4 Å². The molecule has 4 heterocycles. The highest BCUT2D eigenvalue weighted by molar-refractivity contribution is 5.81. The van der Waals surface area contributed by atoms with Crippen LogP contribution in [-0.4, -0.2) is 23.1 Å². The molecule has 2 aromatic carbocycles. The topological polar surface area (TPSA) is 37.4 Å². The van der Waals surface area contributed by atoms with E-state index in [0.29, 0.717) is 18.1 Å². The quantitative estimate of drug-likeness (QED) is 0.667. The number of para-hydroxylation sites is 2. The number of pyridine rings is 1. The first-order valence-corrected chi connectivity index (χ1v) is 10.2. The van der Waals surface area contributed by atoms with Gasteiger partial charge in [-0.2, -0.15) is 0 Å². The molecule has 2 bridgehead atoms. The van der Waals surface area contributed by atoms with Crippen LogP contribution >= 0.6 is 0 Å². The van der Waals surface area contributed by atoms with E-state index in [1.165, 1.54) is 37.1 Å². The Morgan fingerprint density at radius 2 is 1.57 bits per heavy atom. The number of fused-ring (bicyclic) bond motifs is 4. The van der Waals surface area contributed by atoms with E-state index >= 15 is 0 Å². The maximum atomic E-state index is 6.36. The molecule has 0 unspecified atom stereocenters. The summed E-state index contributed by atoms with van der Waals surface area (Å²) in [4.78, 5) is 6.67. The van der Waals surface area contributed by atoms with Gasteiger partial charge in [-0.05, 0) is 73.2 Å². The van der Waals surface area contributed by atoms with Crippen molar-refractivity contribution in [3.05, 3.63) is 67.0 Å². The smallest absolute Gasteiger partial charge is 0.151 e. The maximum absolute atomic E-state index is 6.36. The Balaban J connectivity index is 1.45. The van der Waals surface area contributed by atoms with Gasteiger partial charge in [-0.3, -0.25) is 4.98 Å². The third kappa shape index (κ3) is 2.60. The summed E-state index contributed by atoms with van der Waals surface area (Å²) in [6.45, 7) is 0. The summed E-state index contributed by atoms with van der Waals surface area (Å²) in [6, 6.07) is 20.9. The highest BCUT2D eigenvalue weighted by Gasteiger charge is 2.39. The van der Waals surface area contributed by atoms with Crippen LogP contribution in [0.25, 0.3) is 11.1 Å². The number of nitrogens with one attached hydrogen (secondary N) is 1. The van der Waals surface area contributed by atoms with Crippen LogP contribution in [-0.2, 0) is 0 Å². The van der Waals surface area contributed by atoms with E-state index in [0.717, 1.165) is 22.6 Å². The van der Waals surface area contributed by atoms with Crippen LogP contribution < -0.4 is 15.0 Å². The Morgan fingerprint density at radius 3 is 2.39 bits per heavy atom. The van der Waals surface area contributed by atoms with Crippen molar-refractivity contribution in [1.29, 1.82) is 0 Å². The standard InChI is InChI=1S/C24H23N3O/c1-2-4-23-21(3-1)27(20-14-18-6-7-19(15-20)26-18)22-8-5-17(13-24(22)28-23)16-9-11-25-12-10-16/h1-5,8-13,18-20,26H,6-7,14-15H2/t18-,19+,20-. The van der Waals surface area contributed by atoms with Crippen molar-refractivity contribution in [2.24, 2.45) is 0 Å². The van der Waals surface area contributed by atoms with Gasteiger partial charge in [0.05, 0.1) is 11.4 Å². The minimum Gasteiger partial charge on any atom is -0.453 e. The molecular formula is C24H23N3O. The number of anilines is 2. The number of rotatable bonds is 2. The van der Waals surface area contributed by atoms with Crippen molar-refractivity contribution in [3.63, 3.8) is 0 Å². The predicted octanol–water partition coefficient (Wildman–Crippen LogP) is 5.28. The zero-order valence-corrected chi connectivity index (χ0v) is 15.7. The molecule has 4 nitrogen and oxygen atoms in total. The fourth-order valence-electron chi connectivity index (χ4n) is 5.14. The molecule has 0 amide bonds. The zero-order chi connectivity index (χ0) is 18.5. The lowest BCUT2D eigenvalue weighted by Gasteiger charge is -2.42. The van der Waals surface area contributed by atoms with Crippen molar-refractivity contribution in [2.45, 2.75) is 43.8 Å². The Hall–Kier alpha value is -2.85. The van der Waals surface area contributed by atoms with Crippen LogP contribution in [0.3, 0.4) is 0 Å². The van der Waals surface area contributed by atoms with Gasteiger partial charge in [0.2, 0.25) is 0 Å². The van der Waals surface area contributed by atoms with Crippen molar-refractivity contribution in [2.75, 3.05) is 4.90 Å². The molecule has 140 valence electrons. The van der Waals surface area contributed by atoms with Crippen LogP contribution in [0.5, 0.6) is 11.5 Å². The first-order valence-electron chi connectivity index (χ1n) is 10.2. The molecule has 2 fully saturated rings. The van der Waals surface area contributed by atoms with Crippen LogP contribution in [0, 0.1) is 0 Å². The number of ether oxygens (including phenoxy) is 1. The summed E-state index contributed by atoms with van der Waals surface area (Å²) in [7, 11) is 0. The van der Waals surface area contributed by atoms with Gasteiger partial charge in [-0.25, -0.2) is 0 Å². The van der Waals surface area contributed by atoms with E-state index < -0.39 is 0 Å². The average molecular weight is 369 g/mol. The zero-order valence-electron chi connectivity index (χ0n) is 15.7. The van der Waals surface area contributed by atoms with Gasteiger partial charge >= 0.3 is 0 Å². The Labute approximate surface area is 165 Å². The minimum absolute atomic E-state index is 0.509. The molecule has 0 saturated carbocycles. The lowest BCUT2D eigenvalue weighted by atomic mass is 9.95. The molecule has 3 aliphatic heterocycles. The van der Waals surface area contributed by atoms with Crippen molar-refractivity contribution < 1.29 is 4.74 Å². The summed E-state index contributed by atoms with van der Waals surface area (Å²) < 4.78 is 6.36. The van der Waals surface area contributed by atoms with E-state index in [1.807, 2.05) is 24.5 Å². The Kier molecular flexibility index (Phi) is 3.66. The van der Waals surface area contributed by atoms with Gasteiger partial charge in [0.1, 0.15) is 0 Å². The second-order valence-corrected chi connectivity index (χ2v) is 8.12.